The fraction of sp³-hybridized carbons (Fsp3) is 0.750. The molecular formula is C20H29N3O6. The summed E-state index contributed by atoms with van der Waals surface area (Å²) in [7, 11) is 0. The van der Waals surface area contributed by atoms with Crippen LogP contribution in [0.15, 0.2) is 0 Å². The lowest BCUT2D eigenvalue weighted by molar-refractivity contribution is -0.163. The van der Waals surface area contributed by atoms with E-state index in [1.807, 2.05) is 0 Å². The van der Waals surface area contributed by atoms with Crippen molar-refractivity contribution < 1.29 is 28.7 Å². The molecule has 160 valence electrons. The van der Waals surface area contributed by atoms with Crippen molar-refractivity contribution in [2.45, 2.75) is 83.4 Å². The largest absolute Gasteiger partial charge is 0.451 e. The molecule has 3 fully saturated rings. The van der Waals surface area contributed by atoms with Crippen molar-refractivity contribution in [1.82, 2.24) is 15.5 Å². The van der Waals surface area contributed by atoms with Crippen LogP contribution in [-0.4, -0.2) is 52.8 Å². The van der Waals surface area contributed by atoms with E-state index in [0.29, 0.717) is 12.8 Å². The molecule has 0 aromatic heterocycles. The summed E-state index contributed by atoms with van der Waals surface area (Å²) in [4.78, 5) is 62.7. The summed E-state index contributed by atoms with van der Waals surface area (Å²) in [6.45, 7) is 2.77. The average Bonchev–Trinajstić information content (AvgIpc) is 3.28. The summed E-state index contributed by atoms with van der Waals surface area (Å²) in [6.07, 6.45) is 5.72. The number of urea groups is 1. The first-order chi connectivity index (χ1) is 13.8. The molecule has 1 aliphatic heterocycles. The number of rotatable bonds is 5. The van der Waals surface area contributed by atoms with Crippen molar-refractivity contribution in [3.8, 4) is 0 Å². The van der Waals surface area contributed by atoms with Crippen LogP contribution in [0.3, 0.4) is 0 Å². The maximum Gasteiger partial charge on any atom is 0.329 e. The zero-order chi connectivity index (χ0) is 21.1. The number of hydrogen-bond acceptors (Lipinski definition) is 6. The molecule has 3 aliphatic rings. The number of carbonyl (C=O) groups is 5. The van der Waals surface area contributed by atoms with Crippen molar-refractivity contribution >= 4 is 29.7 Å². The number of fused-ring (bicyclic) bond motifs is 1. The van der Waals surface area contributed by atoms with Crippen LogP contribution >= 0.6 is 0 Å². The molecule has 4 atom stereocenters. The monoisotopic (exact) mass is 407 g/mol. The first-order valence-electron chi connectivity index (χ1n) is 10.5. The lowest BCUT2D eigenvalue weighted by atomic mass is 9.81. The minimum Gasteiger partial charge on any atom is -0.451 e. The highest BCUT2D eigenvalue weighted by atomic mass is 16.5. The van der Waals surface area contributed by atoms with Crippen molar-refractivity contribution in [1.29, 1.82) is 0 Å². The second kappa shape index (κ2) is 8.92. The van der Waals surface area contributed by atoms with E-state index in [-0.39, 0.29) is 29.7 Å². The van der Waals surface area contributed by atoms with Crippen LogP contribution in [0.2, 0.25) is 0 Å². The second-order valence-electron chi connectivity index (χ2n) is 8.24. The van der Waals surface area contributed by atoms with Gasteiger partial charge in [0.15, 0.2) is 6.10 Å². The Hall–Kier alpha value is -2.45. The lowest BCUT2D eigenvalue weighted by Crippen LogP contribution is -2.49. The molecule has 1 heterocycles. The summed E-state index contributed by atoms with van der Waals surface area (Å²) < 4.78 is 5.13. The Labute approximate surface area is 169 Å². The Kier molecular flexibility index (Phi) is 6.54. The molecule has 1 saturated heterocycles. The predicted octanol–water partition coefficient (Wildman–Crippen LogP) is 1.25. The predicted molar refractivity (Wildman–Crippen MR) is 101 cm³/mol. The fourth-order valence-electron chi connectivity index (χ4n) is 4.51. The zero-order valence-electron chi connectivity index (χ0n) is 16.9. The first kappa shape index (κ1) is 21.3. The molecule has 29 heavy (non-hydrogen) atoms. The van der Waals surface area contributed by atoms with Gasteiger partial charge < -0.3 is 10.1 Å². The van der Waals surface area contributed by atoms with E-state index in [1.165, 1.54) is 13.8 Å². The van der Waals surface area contributed by atoms with Crippen molar-refractivity contribution in [2.75, 3.05) is 0 Å². The van der Waals surface area contributed by atoms with Crippen LogP contribution in [0.1, 0.15) is 65.2 Å². The van der Waals surface area contributed by atoms with E-state index in [2.05, 4.69) is 10.6 Å². The first-order valence-corrected chi connectivity index (χ1v) is 10.5. The van der Waals surface area contributed by atoms with Crippen LogP contribution in [-0.2, 0) is 23.9 Å². The molecule has 9 nitrogen and oxygen atoms in total. The third-order valence-corrected chi connectivity index (χ3v) is 6.19. The Morgan fingerprint density at radius 2 is 1.45 bits per heavy atom. The van der Waals surface area contributed by atoms with Gasteiger partial charge >= 0.3 is 12.0 Å². The fourth-order valence-corrected chi connectivity index (χ4v) is 4.51. The Morgan fingerprint density at radius 1 is 0.931 bits per heavy atom. The lowest BCUT2D eigenvalue weighted by Gasteiger charge is -2.23. The van der Waals surface area contributed by atoms with Gasteiger partial charge in [0.05, 0.1) is 11.8 Å². The van der Waals surface area contributed by atoms with E-state index in [9.17, 15) is 24.0 Å². The molecule has 0 spiro atoms. The third-order valence-electron chi connectivity index (χ3n) is 6.19. The van der Waals surface area contributed by atoms with Gasteiger partial charge in [0.25, 0.3) is 5.91 Å². The van der Waals surface area contributed by atoms with Crippen LogP contribution in [0.5, 0.6) is 0 Å². The summed E-state index contributed by atoms with van der Waals surface area (Å²) in [5, 5.41) is 4.88. The quantitative estimate of drug-likeness (QED) is 0.522. The molecule has 0 radical (unpaired) electrons. The molecule has 2 aliphatic carbocycles. The standard InChI is InChI=1S/C20H29N3O6/c1-11(23-17(25)14-9-5-6-10-15(14)18(23)26)19(27)29-12(2)16(24)22-20(28)21-13-7-3-4-8-13/h11-15H,3-10H2,1-2H3,(H2,21,22,24,28)/t11-,12-,14-,15+/m0/s1. The molecule has 0 unspecified atom stereocenters. The van der Waals surface area contributed by atoms with Gasteiger partial charge in [-0.1, -0.05) is 25.7 Å². The Morgan fingerprint density at radius 3 is 2.00 bits per heavy atom. The number of likely N-dealkylation sites (tertiary alicyclic amines) is 1. The van der Waals surface area contributed by atoms with Crippen LogP contribution in [0.4, 0.5) is 4.79 Å². The summed E-state index contributed by atoms with van der Waals surface area (Å²) >= 11 is 0. The normalized spacial score (nSPS) is 26.6. The topological polar surface area (TPSA) is 122 Å². The minimum atomic E-state index is -1.23. The SMILES string of the molecule is C[C@H](OC(=O)[C@H](C)N1C(=O)[C@H]2CCCC[C@H]2C1=O)C(=O)NC(=O)NC1CCCC1. The van der Waals surface area contributed by atoms with Crippen LogP contribution in [0.25, 0.3) is 0 Å². The molecular weight excluding hydrogens is 378 g/mol. The second-order valence-corrected chi connectivity index (χ2v) is 8.24. The summed E-state index contributed by atoms with van der Waals surface area (Å²) in [5.74, 6) is -2.98. The van der Waals surface area contributed by atoms with Gasteiger partial charge in [-0.2, -0.15) is 0 Å². The highest BCUT2D eigenvalue weighted by Crippen LogP contribution is 2.38. The molecule has 0 aromatic carbocycles. The Bertz CT molecular complexity index is 678. The molecule has 2 N–H and O–H groups in total. The van der Waals surface area contributed by atoms with Gasteiger partial charge in [-0.25, -0.2) is 9.59 Å². The maximum atomic E-state index is 12.6. The zero-order valence-corrected chi connectivity index (χ0v) is 16.9. The molecule has 3 rings (SSSR count). The molecule has 9 heteroatoms. The van der Waals surface area contributed by atoms with Crippen molar-refractivity contribution in [3.05, 3.63) is 0 Å². The number of carbonyl (C=O) groups excluding carboxylic acids is 5. The van der Waals surface area contributed by atoms with Gasteiger partial charge in [0, 0.05) is 6.04 Å². The van der Waals surface area contributed by atoms with E-state index in [4.69, 9.17) is 4.74 Å². The summed E-state index contributed by atoms with van der Waals surface area (Å²) in [5.41, 5.74) is 0. The number of imide groups is 2. The van der Waals surface area contributed by atoms with Gasteiger partial charge in [-0.3, -0.25) is 24.6 Å². The Balaban J connectivity index is 1.51. The number of esters is 1. The van der Waals surface area contributed by atoms with Gasteiger partial charge in [-0.05, 0) is 39.5 Å². The van der Waals surface area contributed by atoms with Gasteiger partial charge in [-0.15, -0.1) is 0 Å². The number of hydrogen-bond donors (Lipinski definition) is 2. The van der Waals surface area contributed by atoms with E-state index < -0.39 is 30.1 Å². The third kappa shape index (κ3) is 4.59. The number of nitrogens with one attached hydrogen (secondary N) is 2. The number of amides is 5. The minimum absolute atomic E-state index is 0.0522. The van der Waals surface area contributed by atoms with Crippen molar-refractivity contribution in [2.24, 2.45) is 11.8 Å². The smallest absolute Gasteiger partial charge is 0.329 e. The highest BCUT2D eigenvalue weighted by Gasteiger charge is 2.51. The summed E-state index contributed by atoms with van der Waals surface area (Å²) in [6, 6.07) is -1.67. The number of nitrogens with zero attached hydrogens (tertiary/aromatic N) is 1. The molecule has 0 aromatic rings. The highest BCUT2D eigenvalue weighted by molar-refractivity contribution is 6.08. The number of ether oxygens (including phenoxy) is 1. The van der Waals surface area contributed by atoms with E-state index >= 15 is 0 Å². The molecule has 5 amide bonds. The van der Waals surface area contributed by atoms with E-state index in [1.54, 1.807) is 0 Å². The van der Waals surface area contributed by atoms with E-state index in [0.717, 1.165) is 43.4 Å². The van der Waals surface area contributed by atoms with Crippen LogP contribution < -0.4 is 10.6 Å². The van der Waals surface area contributed by atoms with Gasteiger partial charge in [0.2, 0.25) is 11.8 Å². The van der Waals surface area contributed by atoms with Gasteiger partial charge in [0.1, 0.15) is 6.04 Å². The molecule has 0 bridgehead atoms. The maximum absolute atomic E-state index is 12.6. The van der Waals surface area contributed by atoms with Crippen LogP contribution in [0, 0.1) is 11.8 Å². The molecule has 2 saturated carbocycles. The van der Waals surface area contributed by atoms with Crippen molar-refractivity contribution in [3.63, 3.8) is 0 Å². The average molecular weight is 407 g/mol.